The molecule has 0 aromatic heterocycles. The van der Waals surface area contributed by atoms with Crippen LogP contribution in [0.4, 0.5) is 4.79 Å². The van der Waals surface area contributed by atoms with E-state index in [4.69, 9.17) is 5.73 Å². The van der Waals surface area contributed by atoms with Crippen LogP contribution in [0.3, 0.4) is 0 Å². The number of hydrogen-bond acceptors (Lipinski definition) is 6. The molecule has 2 aliphatic heterocycles. The molecule has 41 heavy (non-hydrogen) atoms. The molecule has 1 saturated carbocycles. The van der Waals surface area contributed by atoms with Gasteiger partial charge in [0.1, 0.15) is 18.1 Å². The van der Waals surface area contributed by atoms with Crippen LogP contribution in [0, 0.1) is 17.3 Å². The summed E-state index contributed by atoms with van der Waals surface area (Å²) < 4.78 is 0. The number of amides is 6. The average Bonchev–Trinajstić information content (AvgIpc) is 3.57. The number of carbonyl (C=O) groups excluding carboxylic acids is 6. The van der Waals surface area contributed by atoms with E-state index in [1.807, 2.05) is 34.6 Å². The van der Waals surface area contributed by atoms with Gasteiger partial charge in [-0.2, -0.15) is 0 Å². The molecule has 0 spiro atoms. The van der Waals surface area contributed by atoms with Gasteiger partial charge in [0.2, 0.25) is 23.5 Å². The fraction of sp³-hybridized carbons (Fsp3) is 0.793. The number of rotatable bonds is 11. The van der Waals surface area contributed by atoms with Crippen molar-refractivity contribution in [2.24, 2.45) is 23.0 Å². The van der Waals surface area contributed by atoms with Crippen LogP contribution < -0.4 is 21.7 Å². The van der Waals surface area contributed by atoms with E-state index in [2.05, 4.69) is 16.0 Å². The molecule has 1 aliphatic carbocycles. The minimum absolute atomic E-state index is 0.135. The van der Waals surface area contributed by atoms with Crippen LogP contribution in [-0.2, 0) is 24.0 Å². The van der Waals surface area contributed by atoms with Crippen molar-refractivity contribution in [2.75, 3.05) is 19.6 Å². The number of likely N-dealkylation sites (tertiary alicyclic amines) is 2. The largest absolute Gasteiger partial charge is 0.363 e. The molecule has 0 radical (unpaired) electrons. The standard InChI is InChI=1S/C29H48N6O6/c1-17(2)21(26(39)34-13-6-7-14-34)32-28(41)33-23(29(3,4)5)27(40)35-15-9-12-20(35)25(38)31-19(22(36)24(30)37)16-18-10-8-11-18/h17-21,23H,6-16H2,1-5H3,(H2,30,37)(H,31,38)(H2,32,33,41). The van der Waals surface area contributed by atoms with Gasteiger partial charge in [-0.05, 0) is 49.4 Å². The van der Waals surface area contributed by atoms with E-state index >= 15 is 0 Å². The van der Waals surface area contributed by atoms with E-state index in [1.54, 1.807) is 4.90 Å². The van der Waals surface area contributed by atoms with Gasteiger partial charge in [0.05, 0.1) is 6.04 Å². The summed E-state index contributed by atoms with van der Waals surface area (Å²) in [7, 11) is 0. The van der Waals surface area contributed by atoms with Gasteiger partial charge in [-0.1, -0.05) is 53.9 Å². The molecule has 3 fully saturated rings. The summed E-state index contributed by atoms with van der Waals surface area (Å²) in [6, 6.07) is -4.21. The minimum Gasteiger partial charge on any atom is -0.363 e. The van der Waals surface area contributed by atoms with Gasteiger partial charge in [-0.15, -0.1) is 0 Å². The maximum atomic E-state index is 13.9. The summed E-state index contributed by atoms with van der Waals surface area (Å²) in [6.07, 6.45) is 6.07. The zero-order valence-corrected chi connectivity index (χ0v) is 25.2. The van der Waals surface area contributed by atoms with Crippen molar-refractivity contribution in [2.45, 2.75) is 110 Å². The second kappa shape index (κ2) is 13.7. The van der Waals surface area contributed by atoms with Gasteiger partial charge >= 0.3 is 6.03 Å². The highest BCUT2D eigenvalue weighted by atomic mass is 16.2. The van der Waals surface area contributed by atoms with E-state index in [1.165, 1.54) is 4.90 Å². The van der Waals surface area contributed by atoms with Crippen LogP contribution in [0.1, 0.15) is 86.0 Å². The second-order valence-electron chi connectivity index (χ2n) is 13.2. The van der Waals surface area contributed by atoms with Crippen molar-refractivity contribution >= 4 is 35.4 Å². The van der Waals surface area contributed by atoms with E-state index < -0.39 is 59.1 Å². The lowest BCUT2D eigenvalue weighted by atomic mass is 9.80. The Hall–Kier alpha value is -3.18. The molecule has 12 heteroatoms. The lowest BCUT2D eigenvalue weighted by molar-refractivity contribution is -0.143. The minimum atomic E-state index is -1.10. The topological polar surface area (TPSA) is 171 Å². The zero-order valence-electron chi connectivity index (χ0n) is 25.2. The SMILES string of the molecule is CC(C)C(NC(=O)NC(C(=O)N1CCCC1C(=O)NC(CC1CCC1)C(=O)C(N)=O)C(C)(C)C)C(=O)N1CCCC1. The summed E-state index contributed by atoms with van der Waals surface area (Å²) in [5.41, 5.74) is 4.53. The molecular formula is C29H48N6O6. The van der Waals surface area contributed by atoms with Gasteiger partial charge in [0, 0.05) is 19.6 Å². The summed E-state index contributed by atoms with van der Waals surface area (Å²) in [4.78, 5) is 80.7. The Bertz CT molecular complexity index is 1010. The lowest BCUT2D eigenvalue weighted by Gasteiger charge is -2.36. The Balaban J connectivity index is 1.70. The third kappa shape index (κ3) is 8.19. The molecule has 3 aliphatic rings. The molecule has 6 amide bonds. The van der Waals surface area contributed by atoms with Gasteiger partial charge < -0.3 is 31.5 Å². The van der Waals surface area contributed by atoms with Crippen LogP contribution >= 0.6 is 0 Å². The molecule has 0 aromatic carbocycles. The molecule has 4 atom stereocenters. The number of nitrogens with zero attached hydrogens (tertiary/aromatic N) is 2. The number of carbonyl (C=O) groups is 6. The number of urea groups is 1. The molecule has 12 nitrogen and oxygen atoms in total. The van der Waals surface area contributed by atoms with Crippen LogP contribution in [0.2, 0.25) is 0 Å². The molecular weight excluding hydrogens is 528 g/mol. The number of nitrogens with two attached hydrogens (primary N) is 1. The highest BCUT2D eigenvalue weighted by molar-refractivity contribution is 6.37. The summed E-state index contributed by atoms with van der Waals surface area (Å²) in [5, 5.41) is 8.26. The van der Waals surface area contributed by atoms with E-state index in [9.17, 15) is 28.8 Å². The van der Waals surface area contributed by atoms with Crippen molar-refractivity contribution in [1.82, 2.24) is 25.8 Å². The van der Waals surface area contributed by atoms with Crippen molar-refractivity contribution in [1.29, 1.82) is 0 Å². The monoisotopic (exact) mass is 576 g/mol. The normalized spacial score (nSPS) is 21.6. The average molecular weight is 577 g/mol. The van der Waals surface area contributed by atoms with Crippen LogP contribution in [0.25, 0.3) is 0 Å². The van der Waals surface area contributed by atoms with E-state index in [-0.39, 0.29) is 17.7 Å². The first-order valence-electron chi connectivity index (χ1n) is 15.0. The fourth-order valence-electron chi connectivity index (χ4n) is 5.81. The number of nitrogens with one attached hydrogen (secondary N) is 3. The van der Waals surface area contributed by atoms with Crippen LogP contribution in [0.15, 0.2) is 0 Å². The Morgan fingerprint density at radius 1 is 0.829 bits per heavy atom. The molecule has 230 valence electrons. The highest BCUT2D eigenvalue weighted by Gasteiger charge is 2.43. The van der Waals surface area contributed by atoms with Gasteiger partial charge in [0.25, 0.3) is 5.91 Å². The summed E-state index contributed by atoms with van der Waals surface area (Å²) in [5.74, 6) is -2.91. The first-order valence-corrected chi connectivity index (χ1v) is 15.0. The summed E-state index contributed by atoms with van der Waals surface area (Å²) >= 11 is 0. The van der Waals surface area contributed by atoms with Crippen LogP contribution in [-0.4, -0.2) is 89.0 Å². The van der Waals surface area contributed by atoms with Crippen molar-refractivity contribution < 1.29 is 28.8 Å². The zero-order chi connectivity index (χ0) is 30.5. The second-order valence-corrected chi connectivity index (χ2v) is 13.2. The van der Waals surface area contributed by atoms with Crippen LogP contribution in [0.5, 0.6) is 0 Å². The van der Waals surface area contributed by atoms with Gasteiger partial charge in [0.15, 0.2) is 0 Å². The molecule has 2 heterocycles. The predicted molar refractivity (Wildman–Crippen MR) is 152 cm³/mol. The van der Waals surface area contributed by atoms with Crippen molar-refractivity contribution in [3.63, 3.8) is 0 Å². The Kier molecular flexibility index (Phi) is 10.8. The maximum absolute atomic E-state index is 13.9. The first-order chi connectivity index (χ1) is 19.2. The predicted octanol–water partition coefficient (Wildman–Crippen LogP) is 1.07. The third-order valence-electron chi connectivity index (χ3n) is 8.53. The number of Topliss-reactive ketones (excluding diaryl/α,β-unsaturated/α-hetero) is 1. The Morgan fingerprint density at radius 3 is 1.98 bits per heavy atom. The molecule has 4 unspecified atom stereocenters. The molecule has 0 aromatic rings. The van der Waals surface area contributed by atoms with Gasteiger partial charge in [-0.25, -0.2) is 4.79 Å². The number of hydrogen-bond donors (Lipinski definition) is 4. The molecule has 5 N–H and O–H groups in total. The van der Waals surface area contributed by atoms with Crippen molar-refractivity contribution in [3.05, 3.63) is 0 Å². The number of primary amides is 1. The van der Waals surface area contributed by atoms with Gasteiger partial charge in [-0.3, -0.25) is 24.0 Å². The molecule has 3 rings (SSSR count). The fourth-order valence-corrected chi connectivity index (χ4v) is 5.81. The quantitative estimate of drug-likeness (QED) is 0.268. The third-order valence-corrected chi connectivity index (χ3v) is 8.53. The molecule has 0 bridgehead atoms. The van der Waals surface area contributed by atoms with E-state index in [0.29, 0.717) is 38.9 Å². The Labute approximate surface area is 242 Å². The number of ketones is 1. The molecule has 2 saturated heterocycles. The smallest absolute Gasteiger partial charge is 0.316 e. The first kappa shape index (κ1) is 32.3. The van der Waals surface area contributed by atoms with Crippen molar-refractivity contribution in [3.8, 4) is 0 Å². The summed E-state index contributed by atoms with van der Waals surface area (Å²) in [6.45, 7) is 10.8. The Morgan fingerprint density at radius 2 is 1.46 bits per heavy atom. The van der Waals surface area contributed by atoms with E-state index in [0.717, 1.165) is 32.1 Å². The maximum Gasteiger partial charge on any atom is 0.316 e. The lowest BCUT2D eigenvalue weighted by Crippen LogP contribution is -2.61. The highest BCUT2D eigenvalue weighted by Crippen LogP contribution is 2.31.